The quantitative estimate of drug-likeness (QED) is 0.813. The summed E-state index contributed by atoms with van der Waals surface area (Å²) in [6.45, 7) is 0. The van der Waals surface area contributed by atoms with Crippen molar-refractivity contribution in [3.8, 4) is 0 Å². The first-order valence-corrected chi connectivity index (χ1v) is 6.24. The molecule has 0 bridgehead atoms. The molecule has 1 aromatic carbocycles. The van der Waals surface area contributed by atoms with Crippen molar-refractivity contribution in [2.45, 2.75) is 25.1 Å². The average Bonchev–Trinajstić information content (AvgIpc) is 3.10. The third-order valence-electron chi connectivity index (χ3n) is 2.93. The predicted octanol–water partition coefficient (Wildman–Crippen LogP) is 3.70. The van der Waals surface area contributed by atoms with Crippen molar-refractivity contribution in [1.29, 1.82) is 0 Å². The van der Waals surface area contributed by atoms with Crippen LogP contribution in [0, 0.1) is 0 Å². The smallest absolute Gasteiger partial charge is 0.339 e. The second-order valence-electron chi connectivity index (χ2n) is 4.34. The fourth-order valence-electron chi connectivity index (χ4n) is 1.71. The van der Waals surface area contributed by atoms with Gasteiger partial charge in [-0.3, -0.25) is 4.79 Å². The normalized spacial score (nSPS) is 15.6. The van der Waals surface area contributed by atoms with Crippen LogP contribution in [0.3, 0.4) is 0 Å². The Kier molecular flexibility index (Phi) is 3.40. The van der Waals surface area contributed by atoms with Gasteiger partial charge in [-0.1, -0.05) is 15.9 Å². The highest BCUT2D eigenvalue weighted by atomic mass is 79.9. The van der Waals surface area contributed by atoms with Gasteiger partial charge < -0.3 is 4.90 Å². The van der Waals surface area contributed by atoms with Crippen molar-refractivity contribution in [2.75, 3.05) is 7.05 Å². The molecule has 0 saturated heterocycles. The van der Waals surface area contributed by atoms with Crippen LogP contribution in [-0.4, -0.2) is 23.9 Å². The van der Waals surface area contributed by atoms with Gasteiger partial charge in [0.15, 0.2) is 0 Å². The molecule has 1 amide bonds. The third kappa shape index (κ3) is 2.68. The Balaban J connectivity index is 2.31. The van der Waals surface area contributed by atoms with Crippen LogP contribution in [0.1, 0.15) is 28.8 Å². The lowest BCUT2D eigenvalue weighted by Gasteiger charge is -2.17. The third-order valence-corrected chi connectivity index (χ3v) is 3.63. The number of halogens is 4. The molecule has 0 aromatic heterocycles. The van der Waals surface area contributed by atoms with E-state index in [0.29, 0.717) is 0 Å². The van der Waals surface area contributed by atoms with E-state index in [4.69, 9.17) is 0 Å². The van der Waals surface area contributed by atoms with Gasteiger partial charge >= 0.3 is 6.18 Å². The molecule has 6 heteroatoms. The number of rotatable bonds is 2. The number of carbonyl (C=O) groups is 1. The van der Waals surface area contributed by atoms with E-state index in [1.54, 1.807) is 7.05 Å². The molecule has 0 heterocycles. The molecule has 0 N–H and O–H groups in total. The molecule has 1 fully saturated rings. The van der Waals surface area contributed by atoms with E-state index in [0.717, 1.165) is 18.9 Å². The number of hydrogen-bond donors (Lipinski definition) is 0. The van der Waals surface area contributed by atoms with Crippen molar-refractivity contribution < 1.29 is 18.0 Å². The Morgan fingerprint density at radius 2 is 2.00 bits per heavy atom. The Bertz CT molecular complexity index is 483. The largest absolute Gasteiger partial charge is 0.417 e. The zero-order valence-corrected chi connectivity index (χ0v) is 11.2. The summed E-state index contributed by atoms with van der Waals surface area (Å²) in [7, 11) is 1.62. The number of alkyl halides is 3. The van der Waals surface area contributed by atoms with Crippen LogP contribution >= 0.6 is 15.9 Å². The predicted molar refractivity (Wildman–Crippen MR) is 64.3 cm³/mol. The molecule has 1 aliphatic rings. The summed E-state index contributed by atoms with van der Waals surface area (Å²) in [5, 5.41) is 0. The monoisotopic (exact) mass is 321 g/mol. The topological polar surface area (TPSA) is 20.3 Å². The van der Waals surface area contributed by atoms with E-state index in [1.165, 1.54) is 17.0 Å². The molecule has 0 spiro atoms. The molecule has 0 radical (unpaired) electrons. The van der Waals surface area contributed by atoms with Crippen LogP contribution in [0.25, 0.3) is 0 Å². The first kappa shape index (κ1) is 13.4. The number of carbonyl (C=O) groups excluding carboxylic acids is 1. The lowest BCUT2D eigenvalue weighted by atomic mass is 10.1. The van der Waals surface area contributed by atoms with Gasteiger partial charge in [-0.25, -0.2) is 0 Å². The number of benzene rings is 1. The van der Waals surface area contributed by atoms with Crippen LogP contribution in [0.5, 0.6) is 0 Å². The molecule has 98 valence electrons. The van der Waals surface area contributed by atoms with Crippen molar-refractivity contribution in [2.24, 2.45) is 0 Å². The highest BCUT2D eigenvalue weighted by Crippen LogP contribution is 2.36. The zero-order valence-electron chi connectivity index (χ0n) is 9.59. The molecule has 1 saturated carbocycles. The maximum Gasteiger partial charge on any atom is 0.417 e. The Morgan fingerprint density at radius 3 is 2.50 bits per heavy atom. The first-order valence-electron chi connectivity index (χ1n) is 5.44. The molecular formula is C12H11BrF3NO. The minimum Gasteiger partial charge on any atom is -0.339 e. The van der Waals surface area contributed by atoms with Gasteiger partial charge in [0.05, 0.1) is 5.56 Å². The number of hydrogen-bond acceptors (Lipinski definition) is 1. The fraction of sp³-hybridized carbons (Fsp3) is 0.417. The van der Waals surface area contributed by atoms with Crippen LogP contribution in [-0.2, 0) is 6.18 Å². The zero-order chi connectivity index (χ0) is 13.5. The minimum atomic E-state index is -4.47. The second-order valence-corrected chi connectivity index (χ2v) is 5.19. The van der Waals surface area contributed by atoms with Crippen LogP contribution in [0.4, 0.5) is 13.2 Å². The summed E-state index contributed by atoms with van der Waals surface area (Å²) in [6.07, 6.45) is -2.62. The van der Waals surface area contributed by atoms with Crippen molar-refractivity contribution in [3.63, 3.8) is 0 Å². The highest BCUT2D eigenvalue weighted by molar-refractivity contribution is 9.10. The Hall–Kier alpha value is -1.04. The Morgan fingerprint density at radius 1 is 1.39 bits per heavy atom. The van der Waals surface area contributed by atoms with Crippen LogP contribution in [0.15, 0.2) is 22.7 Å². The molecule has 2 rings (SSSR count). The summed E-state index contributed by atoms with van der Waals surface area (Å²) in [5.41, 5.74) is -0.752. The van der Waals surface area contributed by atoms with Gasteiger partial charge in [-0.05, 0) is 31.0 Å². The lowest BCUT2D eigenvalue weighted by molar-refractivity contribution is -0.138. The molecule has 18 heavy (non-hydrogen) atoms. The van der Waals surface area contributed by atoms with Crippen molar-refractivity contribution in [1.82, 2.24) is 4.90 Å². The Labute approximate surface area is 111 Å². The maximum absolute atomic E-state index is 12.7. The summed E-state index contributed by atoms with van der Waals surface area (Å²) in [5.74, 6) is -0.365. The summed E-state index contributed by atoms with van der Waals surface area (Å²) >= 11 is 2.85. The van der Waals surface area contributed by atoms with Gasteiger partial charge in [-0.15, -0.1) is 0 Å². The average molecular weight is 322 g/mol. The van der Waals surface area contributed by atoms with E-state index in [1.807, 2.05) is 0 Å². The fourth-order valence-corrected chi connectivity index (χ4v) is 2.18. The summed E-state index contributed by atoms with van der Waals surface area (Å²) in [6, 6.07) is 3.73. The second kappa shape index (κ2) is 4.57. The molecular weight excluding hydrogens is 311 g/mol. The first-order chi connectivity index (χ1) is 8.30. The molecule has 1 aromatic rings. The molecule has 2 nitrogen and oxygen atoms in total. The van der Waals surface area contributed by atoms with Crippen LogP contribution < -0.4 is 0 Å². The molecule has 0 aliphatic heterocycles. The standard InChI is InChI=1S/C12H11BrF3NO/c1-17(8-3-4-8)11(18)7-2-5-10(13)9(6-7)12(14,15)16/h2,5-6,8H,3-4H2,1H3. The van der Waals surface area contributed by atoms with E-state index >= 15 is 0 Å². The number of amides is 1. The molecule has 0 atom stereocenters. The molecule has 1 aliphatic carbocycles. The summed E-state index contributed by atoms with van der Waals surface area (Å²) < 4.78 is 38.1. The minimum absolute atomic E-state index is 0.0550. The van der Waals surface area contributed by atoms with E-state index in [2.05, 4.69) is 15.9 Å². The van der Waals surface area contributed by atoms with Crippen molar-refractivity contribution in [3.05, 3.63) is 33.8 Å². The van der Waals surface area contributed by atoms with Gasteiger partial charge in [0.2, 0.25) is 0 Å². The van der Waals surface area contributed by atoms with Gasteiger partial charge in [0, 0.05) is 23.1 Å². The number of nitrogens with zero attached hydrogens (tertiary/aromatic N) is 1. The van der Waals surface area contributed by atoms with Gasteiger partial charge in [0.25, 0.3) is 5.91 Å². The summed E-state index contributed by atoms with van der Waals surface area (Å²) in [4.78, 5) is 13.5. The molecule has 0 unspecified atom stereocenters. The van der Waals surface area contributed by atoms with Gasteiger partial charge in [0.1, 0.15) is 0 Å². The van der Waals surface area contributed by atoms with E-state index in [9.17, 15) is 18.0 Å². The SMILES string of the molecule is CN(C(=O)c1ccc(Br)c(C(F)(F)F)c1)C1CC1. The lowest BCUT2D eigenvalue weighted by Crippen LogP contribution is -2.29. The highest BCUT2D eigenvalue weighted by Gasteiger charge is 2.35. The van der Waals surface area contributed by atoms with Gasteiger partial charge in [-0.2, -0.15) is 13.2 Å². The van der Waals surface area contributed by atoms with Crippen molar-refractivity contribution >= 4 is 21.8 Å². The van der Waals surface area contributed by atoms with E-state index in [-0.39, 0.29) is 22.0 Å². The maximum atomic E-state index is 12.7. The van der Waals surface area contributed by atoms with E-state index < -0.39 is 11.7 Å². The van der Waals surface area contributed by atoms with Crippen LogP contribution in [0.2, 0.25) is 0 Å².